The van der Waals surface area contributed by atoms with Crippen LogP contribution in [0.25, 0.3) is 28.8 Å². The predicted octanol–water partition coefficient (Wildman–Crippen LogP) is 5.20. The van der Waals surface area contributed by atoms with Gasteiger partial charge in [0.05, 0.1) is 17.8 Å². The second-order valence-corrected chi connectivity index (χ2v) is 6.52. The lowest BCUT2D eigenvalue weighted by atomic mass is 10.1. The number of halogens is 1. The quantitative estimate of drug-likeness (QED) is 0.461. The van der Waals surface area contributed by atoms with Crippen molar-refractivity contribution in [3.63, 3.8) is 0 Å². The molecule has 0 fully saturated rings. The number of anilines is 1. The number of hydrogen-bond acceptors (Lipinski definition) is 5. The molecule has 29 heavy (non-hydrogen) atoms. The van der Waals surface area contributed by atoms with Crippen molar-refractivity contribution < 1.29 is 13.9 Å². The van der Waals surface area contributed by atoms with E-state index in [1.807, 2.05) is 30.3 Å². The summed E-state index contributed by atoms with van der Waals surface area (Å²) in [5.41, 5.74) is 2.97. The monoisotopic (exact) mass is 405 g/mol. The molecule has 0 saturated carbocycles. The van der Waals surface area contributed by atoms with Crippen LogP contribution in [0, 0.1) is 0 Å². The third-order valence-corrected chi connectivity index (χ3v) is 4.42. The molecular formula is C22H16ClN3O3. The Morgan fingerprint density at radius 2 is 2.00 bits per heavy atom. The summed E-state index contributed by atoms with van der Waals surface area (Å²) in [5, 5.41) is 3.12. The van der Waals surface area contributed by atoms with Gasteiger partial charge in [0.25, 0.3) is 0 Å². The summed E-state index contributed by atoms with van der Waals surface area (Å²) in [6.07, 6.45) is 4.80. The first-order valence-corrected chi connectivity index (χ1v) is 9.15. The number of nitrogens with one attached hydrogen (secondary N) is 1. The van der Waals surface area contributed by atoms with E-state index in [-0.39, 0.29) is 5.91 Å². The van der Waals surface area contributed by atoms with Gasteiger partial charge < -0.3 is 14.5 Å². The summed E-state index contributed by atoms with van der Waals surface area (Å²) in [4.78, 5) is 20.9. The average molecular weight is 406 g/mol. The molecule has 2 aromatic heterocycles. The van der Waals surface area contributed by atoms with Gasteiger partial charge in [0, 0.05) is 17.8 Å². The minimum absolute atomic E-state index is 0.320. The van der Waals surface area contributed by atoms with E-state index in [2.05, 4.69) is 15.3 Å². The van der Waals surface area contributed by atoms with E-state index in [0.717, 1.165) is 5.56 Å². The van der Waals surface area contributed by atoms with Crippen LogP contribution in [0.3, 0.4) is 0 Å². The molecule has 0 aliphatic carbocycles. The van der Waals surface area contributed by atoms with Crippen LogP contribution < -0.4 is 10.1 Å². The van der Waals surface area contributed by atoms with Crippen LogP contribution in [0.1, 0.15) is 5.56 Å². The Kier molecular flexibility index (Phi) is 5.27. The zero-order valence-electron chi connectivity index (χ0n) is 15.4. The van der Waals surface area contributed by atoms with Crippen LogP contribution in [0.15, 0.2) is 71.3 Å². The lowest BCUT2D eigenvalue weighted by molar-refractivity contribution is -0.111. The normalized spacial score (nSPS) is 11.1. The number of methoxy groups -OCH3 is 1. The summed E-state index contributed by atoms with van der Waals surface area (Å²) >= 11 is 6.36. The molecule has 4 rings (SSSR count). The number of carbonyl (C=O) groups excluding carboxylic acids is 1. The second-order valence-electron chi connectivity index (χ2n) is 6.12. The molecule has 2 heterocycles. The largest absolute Gasteiger partial charge is 0.493 e. The molecule has 0 saturated heterocycles. The molecule has 0 unspecified atom stereocenters. The highest BCUT2D eigenvalue weighted by Gasteiger charge is 2.16. The summed E-state index contributed by atoms with van der Waals surface area (Å²) in [6, 6.07) is 16.4. The lowest BCUT2D eigenvalue weighted by Crippen LogP contribution is -2.09. The van der Waals surface area contributed by atoms with Gasteiger partial charge in [0.15, 0.2) is 17.0 Å². The van der Waals surface area contributed by atoms with Crippen molar-refractivity contribution in [1.82, 2.24) is 9.97 Å². The molecule has 2 aromatic carbocycles. The van der Waals surface area contributed by atoms with E-state index >= 15 is 0 Å². The standard InChI is InChI=1S/C22H16ClN3O3/c1-28-20-16(23)12-15(22-26-21-18(29-22)8-5-11-24-21)13-17(20)25-19(27)10-9-14-6-3-2-4-7-14/h2-13H,1H3,(H,25,27)/b10-9+. The Balaban J connectivity index is 1.65. The highest BCUT2D eigenvalue weighted by atomic mass is 35.5. The fourth-order valence-electron chi connectivity index (χ4n) is 2.82. The number of benzene rings is 2. The molecule has 4 aromatic rings. The van der Waals surface area contributed by atoms with Gasteiger partial charge >= 0.3 is 0 Å². The third-order valence-electron chi connectivity index (χ3n) is 4.14. The summed E-state index contributed by atoms with van der Waals surface area (Å²) in [6.45, 7) is 0. The van der Waals surface area contributed by atoms with Gasteiger partial charge in [-0.3, -0.25) is 4.79 Å². The van der Waals surface area contributed by atoms with Crippen molar-refractivity contribution in [2.45, 2.75) is 0 Å². The van der Waals surface area contributed by atoms with Crippen LogP contribution in [0.4, 0.5) is 5.69 Å². The van der Waals surface area contributed by atoms with Gasteiger partial charge in [0.2, 0.25) is 11.8 Å². The summed E-state index contributed by atoms with van der Waals surface area (Å²) < 4.78 is 11.1. The van der Waals surface area contributed by atoms with E-state index in [1.165, 1.54) is 13.2 Å². The van der Waals surface area contributed by atoms with Crippen molar-refractivity contribution >= 4 is 40.5 Å². The number of amides is 1. The number of fused-ring (bicyclic) bond motifs is 1. The molecule has 0 spiro atoms. The van der Waals surface area contributed by atoms with Crippen LogP contribution in [-0.4, -0.2) is 23.0 Å². The van der Waals surface area contributed by atoms with Gasteiger partial charge in [0.1, 0.15) is 0 Å². The van der Waals surface area contributed by atoms with E-state index in [1.54, 1.807) is 36.5 Å². The van der Waals surface area contributed by atoms with Crippen LogP contribution in [0.2, 0.25) is 5.02 Å². The molecular weight excluding hydrogens is 390 g/mol. The summed E-state index contributed by atoms with van der Waals surface area (Å²) in [5.74, 6) is 0.379. The Morgan fingerprint density at radius 3 is 2.76 bits per heavy atom. The fraction of sp³-hybridized carbons (Fsp3) is 0.0455. The van der Waals surface area contributed by atoms with Crippen LogP contribution in [-0.2, 0) is 4.79 Å². The Morgan fingerprint density at radius 1 is 1.17 bits per heavy atom. The van der Waals surface area contributed by atoms with E-state index < -0.39 is 0 Å². The number of carbonyl (C=O) groups is 1. The minimum Gasteiger partial charge on any atom is -0.493 e. The van der Waals surface area contributed by atoms with Gasteiger partial charge in [-0.25, -0.2) is 4.98 Å². The third kappa shape index (κ3) is 4.12. The van der Waals surface area contributed by atoms with E-state index in [9.17, 15) is 4.79 Å². The minimum atomic E-state index is -0.320. The topological polar surface area (TPSA) is 77.2 Å². The number of hydrogen-bond donors (Lipinski definition) is 1. The maximum absolute atomic E-state index is 12.4. The molecule has 1 amide bonds. The lowest BCUT2D eigenvalue weighted by Gasteiger charge is -2.12. The Bertz CT molecular complexity index is 1170. The fourth-order valence-corrected chi connectivity index (χ4v) is 3.12. The Labute approximate surface area is 171 Å². The van der Waals surface area contributed by atoms with E-state index in [0.29, 0.717) is 39.1 Å². The highest BCUT2D eigenvalue weighted by molar-refractivity contribution is 6.33. The first-order valence-electron chi connectivity index (χ1n) is 8.77. The number of aromatic nitrogens is 2. The molecule has 144 valence electrons. The summed E-state index contributed by atoms with van der Waals surface area (Å²) in [7, 11) is 1.49. The van der Waals surface area contributed by atoms with Gasteiger partial charge in [-0.2, -0.15) is 4.98 Å². The average Bonchev–Trinajstić information content (AvgIpc) is 3.17. The zero-order chi connectivity index (χ0) is 20.2. The van der Waals surface area contributed by atoms with Crippen LogP contribution in [0.5, 0.6) is 5.75 Å². The smallest absolute Gasteiger partial charge is 0.248 e. The van der Waals surface area contributed by atoms with Crippen molar-refractivity contribution in [3.8, 4) is 17.2 Å². The maximum atomic E-state index is 12.4. The second kappa shape index (κ2) is 8.16. The molecule has 6 nitrogen and oxygen atoms in total. The van der Waals surface area contributed by atoms with Gasteiger partial charge in [-0.1, -0.05) is 41.9 Å². The molecule has 7 heteroatoms. The van der Waals surface area contributed by atoms with Crippen molar-refractivity contribution in [1.29, 1.82) is 0 Å². The molecule has 0 bridgehead atoms. The number of ether oxygens (including phenoxy) is 1. The zero-order valence-corrected chi connectivity index (χ0v) is 16.2. The number of rotatable bonds is 5. The first kappa shape index (κ1) is 18.7. The number of pyridine rings is 1. The maximum Gasteiger partial charge on any atom is 0.248 e. The van der Waals surface area contributed by atoms with Crippen LogP contribution >= 0.6 is 11.6 Å². The molecule has 0 radical (unpaired) electrons. The van der Waals surface area contributed by atoms with Gasteiger partial charge in [-0.05, 0) is 35.9 Å². The molecule has 1 N–H and O–H groups in total. The highest BCUT2D eigenvalue weighted by Crippen LogP contribution is 2.38. The predicted molar refractivity (Wildman–Crippen MR) is 113 cm³/mol. The van der Waals surface area contributed by atoms with Gasteiger partial charge in [-0.15, -0.1) is 0 Å². The number of nitrogens with zero attached hydrogens (tertiary/aromatic N) is 2. The molecule has 0 atom stereocenters. The molecule has 0 aliphatic heterocycles. The van der Waals surface area contributed by atoms with Crippen molar-refractivity contribution in [2.24, 2.45) is 0 Å². The van der Waals surface area contributed by atoms with Crippen molar-refractivity contribution in [2.75, 3.05) is 12.4 Å². The van der Waals surface area contributed by atoms with E-state index in [4.69, 9.17) is 20.8 Å². The Hall–Kier alpha value is -3.64. The molecule has 0 aliphatic rings. The first-order chi connectivity index (χ1) is 14.1. The van der Waals surface area contributed by atoms with Crippen molar-refractivity contribution in [3.05, 3.63) is 77.5 Å². The SMILES string of the molecule is COc1c(Cl)cc(-c2nc3ncccc3o2)cc1NC(=O)/C=C/c1ccccc1. The number of oxazole rings is 1.